The fraction of sp³-hybridized carbons (Fsp3) is 0.947. The number of carbonyl (C=O) groups excluding carboxylic acids is 4. The van der Waals surface area contributed by atoms with E-state index in [1.807, 2.05) is 0 Å². The SMILES string of the molecule is CCC(C)CCCCCCCCCCCCCCCCC(=O)O[C@H](COC(=O)CCCCCCCCC(C)C)COP(=O)(O)OC[C@H](O)COP(=O)(O)OC[C@@H](COC(=O)CCCCCCCCC(C)CC)OC(=O)CCCCCCCCCCCCCCCCCC(C)C. The largest absolute Gasteiger partial charge is 0.472 e. The number of aliphatic hydroxyl groups is 1. The molecule has 0 aromatic carbocycles. The normalized spacial score (nSPS) is 14.7. The molecule has 0 saturated carbocycles. The first-order valence-electron chi connectivity index (χ1n) is 39.3. The average molecular weight is 1400 g/mol. The van der Waals surface area contributed by atoms with Crippen LogP contribution in [0.5, 0.6) is 0 Å². The smallest absolute Gasteiger partial charge is 0.462 e. The van der Waals surface area contributed by atoms with Crippen LogP contribution in [0.25, 0.3) is 0 Å². The molecule has 17 nitrogen and oxygen atoms in total. The molecule has 7 atom stereocenters. The van der Waals surface area contributed by atoms with Crippen molar-refractivity contribution in [1.82, 2.24) is 0 Å². The molecule has 0 heterocycles. The molecule has 0 aliphatic rings. The number of aliphatic hydroxyl groups excluding tert-OH is 1. The summed E-state index contributed by atoms with van der Waals surface area (Å²) >= 11 is 0. The molecule has 0 bridgehead atoms. The quantitative estimate of drug-likeness (QED) is 0.0222. The molecule has 4 unspecified atom stereocenters. The third kappa shape index (κ3) is 67.6. The summed E-state index contributed by atoms with van der Waals surface area (Å²) in [6.45, 7) is 14.2. The van der Waals surface area contributed by atoms with Crippen molar-refractivity contribution in [1.29, 1.82) is 0 Å². The van der Waals surface area contributed by atoms with Gasteiger partial charge in [0.2, 0.25) is 0 Å². The van der Waals surface area contributed by atoms with Gasteiger partial charge in [0.05, 0.1) is 26.4 Å². The van der Waals surface area contributed by atoms with Crippen LogP contribution in [0.15, 0.2) is 0 Å². The minimum atomic E-state index is -4.96. The van der Waals surface area contributed by atoms with Crippen LogP contribution in [0.2, 0.25) is 0 Å². The fourth-order valence-electron chi connectivity index (χ4n) is 11.5. The maximum Gasteiger partial charge on any atom is 0.472 e. The molecule has 0 fully saturated rings. The number of phosphoric acid groups is 2. The molecule has 19 heteroatoms. The fourth-order valence-corrected chi connectivity index (χ4v) is 13.1. The highest BCUT2D eigenvalue weighted by molar-refractivity contribution is 7.47. The van der Waals surface area contributed by atoms with Gasteiger partial charge in [-0.15, -0.1) is 0 Å². The van der Waals surface area contributed by atoms with Crippen molar-refractivity contribution >= 4 is 39.5 Å². The first-order valence-corrected chi connectivity index (χ1v) is 42.3. The Bertz CT molecular complexity index is 1870. The lowest BCUT2D eigenvalue weighted by atomic mass is 9.99. The Morgan fingerprint density at radius 2 is 0.505 bits per heavy atom. The molecule has 564 valence electrons. The van der Waals surface area contributed by atoms with E-state index in [1.165, 1.54) is 173 Å². The molecule has 0 spiro atoms. The number of hydrogen-bond acceptors (Lipinski definition) is 15. The van der Waals surface area contributed by atoms with Crippen molar-refractivity contribution in [3.63, 3.8) is 0 Å². The van der Waals surface area contributed by atoms with Crippen LogP contribution in [0.3, 0.4) is 0 Å². The van der Waals surface area contributed by atoms with Crippen molar-refractivity contribution in [2.45, 2.75) is 401 Å². The van der Waals surface area contributed by atoms with Crippen molar-refractivity contribution in [3.05, 3.63) is 0 Å². The standard InChI is InChI=1S/C76H148O17P2/c1-9-68(7)54-46-38-29-25-21-17-14-15-19-23-27-31-43-51-59-75(80)92-71(62-86-73(78)56-48-40-34-32-37-45-53-67(5)6)64-90-94(82,83)88-60-70(77)61-89-95(84,85)91-65-72(63-87-74(79)57-49-41-35-33-39-47-55-69(8)10-2)93-76(81)58-50-42-30-26-22-18-13-11-12-16-20-24-28-36-44-52-66(3)4/h66-72,77H,9-65H2,1-8H3,(H,82,83)(H,84,85)/t68?,69?,70-,71+,72+/m0/s1. The van der Waals surface area contributed by atoms with Gasteiger partial charge < -0.3 is 33.8 Å². The second kappa shape index (κ2) is 65.4. The maximum atomic E-state index is 13.1. The summed E-state index contributed by atoms with van der Waals surface area (Å²) in [6.07, 6.45) is 50.1. The molecular formula is C76H148O17P2. The first kappa shape index (κ1) is 93.1. The molecule has 0 radical (unpaired) electrons. The highest BCUT2D eigenvalue weighted by Crippen LogP contribution is 2.45. The minimum absolute atomic E-state index is 0.106. The van der Waals surface area contributed by atoms with Crippen LogP contribution in [0.1, 0.15) is 383 Å². The summed E-state index contributed by atoms with van der Waals surface area (Å²) < 4.78 is 68.5. The molecule has 0 aromatic heterocycles. The van der Waals surface area contributed by atoms with Crippen molar-refractivity contribution in [2.24, 2.45) is 23.7 Å². The third-order valence-electron chi connectivity index (χ3n) is 18.3. The number of hydrogen-bond donors (Lipinski definition) is 3. The molecule has 0 aromatic rings. The average Bonchev–Trinajstić information content (AvgIpc) is 2.25. The van der Waals surface area contributed by atoms with E-state index in [2.05, 4.69) is 55.4 Å². The van der Waals surface area contributed by atoms with Crippen LogP contribution < -0.4 is 0 Å². The Hall–Kier alpha value is -1.94. The number of unbranched alkanes of at least 4 members (excludes halogenated alkanes) is 37. The predicted octanol–water partition coefficient (Wildman–Crippen LogP) is 22.0. The maximum absolute atomic E-state index is 13.1. The zero-order valence-electron chi connectivity index (χ0n) is 62.3. The van der Waals surface area contributed by atoms with Crippen molar-refractivity contribution in [2.75, 3.05) is 39.6 Å². The van der Waals surface area contributed by atoms with Crippen LogP contribution in [0.4, 0.5) is 0 Å². The number of carbonyl (C=O) groups is 4. The zero-order valence-corrected chi connectivity index (χ0v) is 64.1. The Morgan fingerprint density at radius 1 is 0.295 bits per heavy atom. The van der Waals surface area contributed by atoms with Crippen molar-refractivity contribution in [3.8, 4) is 0 Å². The highest BCUT2D eigenvalue weighted by atomic mass is 31.2. The van der Waals surface area contributed by atoms with E-state index in [9.17, 15) is 43.2 Å². The Kier molecular flexibility index (Phi) is 64.0. The summed E-state index contributed by atoms with van der Waals surface area (Å²) in [4.78, 5) is 72.7. The van der Waals surface area contributed by atoms with Gasteiger partial charge in [-0.05, 0) is 49.4 Å². The summed E-state index contributed by atoms with van der Waals surface area (Å²) in [5.74, 6) is 0.935. The summed E-state index contributed by atoms with van der Waals surface area (Å²) in [5, 5.41) is 10.6. The van der Waals surface area contributed by atoms with Crippen molar-refractivity contribution < 1.29 is 80.2 Å². The summed E-state index contributed by atoms with van der Waals surface area (Å²) in [7, 11) is -9.91. The number of esters is 4. The van der Waals surface area contributed by atoms with E-state index in [1.54, 1.807) is 0 Å². The lowest BCUT2D eigenvalue weighted by molar-refractivity contribution is -0.161. The monoisotopic (exact) mass is 1400 g/mol. The molecule has 0 aliphatic carbocycles. The Morgan fingerprint density at radius 3 is 0.747 bits per heavy atom. The van der Waals surface area contributed by atoms with E-state index >= 15 is 0 Å². The van der Waals surface area contributed by atoms with Gasteiger partial charge in [0.25, 0.3) is 0 Å². The number of rotatable bonds is 73. The first-order chi connectivity index (χ1) is 45.7. The minimum Gasteiger partial charge on any atom is -0.462 e. The van der Waals surface area contributed by atoms with Gasteiger partial charge in [-0.1, -0.05) is 331 Å². The van der Waals surface area contributed by atoms with E-state index in [0.29, 0.717) is 31.6 Å². The van der Waals surface area contributed by atoms with E-state index in [0.717, 1.165) is 120 Å². The molecular weight excluding hydrogens is 1250 g/mol. The van der Waals surface area contributed by atoms with Crippen LogP contribution in [0, 0.1) is 23.7 Å². The van der Waals surface area contributed by atoms with Gasteiger partial charge in [-0.2, -0.15) is 0 Å². The second-order valence-corrected chi connectivity index (χ2v) is 31.7. The molecule has 0 rings (SSSR count). The Labute approximate surface area is 581 Å². The molecule has 0 aliphatic heterocycles. The summed E-state index contributed by atoms with van der Waals surface area (Å²) in [6, 6.07) is 0. The number of ether oxygens (including phenoxy) is 4. The van der Waals surface area contributed by atoms with Gasteiger partial charge in [-0.25, -0.2) is 9.13 Å². The van der Waals surface area contributed by atoms with E-state index < -0.39 is 97.5 Å². The zero-order chi connectivity index (χ0) is 70.3. The van der Waals surface area contributed by atoms with Gasteiger partial charge in [0.1, 0.15) is 19.3 Å². The lowest BCUT2D eigenvalue weighted by Crippen LogP contribution is -2.30. The third-order valence-corrected chi connectivity index (χ3v) is 20.2. The van der Waals surface area contributed by atoms with Gasteiger partial charge in [0.15, 0.2) is 12.2 Å². The topological polar surface area (TPSA) is 237 Å². The van der Waals surface area contributed by atoms with E-state index in [-0.39, 0.29) is 25.7 Å². The molecule has 0 amide bonds. The highest BCUT2D eigenvalue weighted by Gasteiger charge is 2.30. The van der Waals surface area contributed by atoms with Gasteiger partial charge >= 0.3 is 39.5 Å². The molecule has 3 N–H and O–H groups in total. The lowest BCUT2D eigenvalue weighted by Gasteiger charge is -2.21. The van der Waals surface area contributed by atoms with Gasteiger partial charge in [0, 0.05) is 25.7 Å². The van der Waals surface area contributed by atoms with Crippen LogP contribution in [-0.2, 0) is 65.4 Å². The summed E-state index contributed by atoms with van der Waals surface area (Å²) in [5.41, 5.74) is 0. The van der Waals surface area contributed by atoms with Crippen LogP contribution >= 0.6 is 15.6 Å². The second-order valence-electron chi connectivity index (χ2n) is 28.8. The Balaban J connectivity index is 5.19. The van der Waals surface area contributed by atoms with Gasteiger partial charge in [-0.3, -0.25) is 37.3 Å². The number of phosphoric ester groups is 2. The molecule has 95 heavy (non-hydrogen) atoms. The molecule has 0 saturated heterocycles. The predicted molar refractivity (Wildman–Crippen MR) is 386 cm³/mol. The van der Waals surface area contributed by atoms with Crippen LogP contribution in [-0.4, -0.2) is 96.7 Å². The van der Waals surface area contributed by atoms with E-state index in [4.69, 9.17) is 37.0 Å².